The van der Waals surface area contributed by atoms with E-state index in [4.69, 9.17) is 15.2 Å². The number of H-pyrrole nitrogens is 2. The zero-order valence-corrected chi connectivity index (χ0v) is 21.9. The van der Waals surface area contributed by atoms with Crippen molar-refractivity contribution in [2.24, 2.45) is 5.73 Å². The first-order valence-corrected chi connectivity index (χ1v) is 12.4. The van der Waals surface area contributed by atoms with Crippen molar-refractivity contribution in [2.75, 3.05) is 0 Å². The molecule has 2 heterocycles. The molecule has 39 heavy (non-hydrogen) atoms. The molecule has 0 spiro atoms. The standard InChI is InChI=1S/C30H30N4O5/c1-30(2,3)39-22-12-9-20(10-13-22)15-24(31)29(37)38-23-14-11-21(32-18-23)17-26-28(36)33-25(27(35)34-26)16-19-7-5-4-6-8-19/h4-14,16-18,24H,15,31H2,1-3H3,(H,33,36)(H,34,35)/b25-16-,26-17-. The first-order valence-electron chi connectivity index (χ1n) is 12.4. The predicted molar refractivity (Wildman–Crippen MR) is 149 cm³/mol. The average molecular weight is 527 g/mol. The van der Waals surface area contributed by atoms with E-state index < -0.39 is 23.1 Å². The third-order valence-electron chi connectivity index (χ3n) is 5.47. The van der Waals surface area contributed by atoms with E-state index in [2.05, 4.69) is 15.0 Å². The van der Waals surface area contributed by atoms with Crippen molar-refractivity contribution >= 4 is 18.1 Å². The molecule has 4 N–H and O–H groups in total. The van der Waals surface area contributed by atoms with Gasteiger partial charge in [-0.2, -0.15) is 0 Å². The van der Waals surface area contributed by atoms with Crippen LogP contribution >= 0.6 is 0 Å². The summed E-state index contributed by atoms with van der Waals surface area (Å²) >= 11 is 0. The smallest absolute Gasteiger partial charge is 0.328 e. The molecule has 4 rings (SSSR count). The van der Waals surface area contributed by atoms with Crippen LogP contribution in [0.4, 0.5) is 0 Å². The topological polar surface area (TPSA) is 140 Å². The summed E-state index contributed by atoms with van der Waals surface area (Å²) in [6, 6.07) is 18.8. The van der Waals surface area contributed by atoms with E-state index in [-0.39, 0.29) is 22.0 Å². The van der Waals surface area contributed by atoms with Gasteiger partial charge in [-0.1, -0.05) is 42.5 Å². The highest BCUT2D eigenvalue weighted by molar-refractivity contribution is 5.78. The third-order valence-corrected chi connectivity index (χ3v) is 5.47. The number of pyridine rings is 1. The van der Waals surface area contributed by atoms with Gasteiger partial charge in [-0.3, -0.25) is 14.6 Å². The molecule has 2 aromatic carbocycles. The lowest BCUT2D eigenvalue weighted by Crippen LogP contribution is -2.46. The Balaban J connectivity index is 1.41. The highest BCUT2D eigenvalue weighted by Crippen LogP contribution is 2.19. The number of benzene rings is 2. The molecule has 0 saturated heterocycles. The van der Waals surface area contributed by atoms with Gasteiger partial charge >= 0.3 is 5.97 Å². The molecule has 0 bridgehead atoms. The quantitative estimate of drug-likeness (QED) is 0.312. The zero-order chi connectivity index (χ0) is 28.0. The van der Waals surface area contributed by atoms with Crippen molar-refractivity contribution in [3.8, 4) is 11.5 Å². The fourth-order valence-electron chi connectivity index (χ4n) is 3.67. The van der Waals surface area contributed by atoms with Gasteiger partial charge in [-0.25, -0.2) is 4.79 Å². The van der Waals surface area contributed by atoms with Gasteiger partial charge < -0.3 is 25.2 Å². The Bertz CT molecular complexity index is 1670. The van der Waals surface area contributed by atoms with Crippen molar-refractivity contribution in [3.63, 3.8) is 0 Å². The van der Waals surface area contributed by atoms with Gasteiger partial charge in [-0.05, 0) is 74.7 Å². The summed E-state index contributed by atoms with van der Waals surface area (Å²) in [6.45, 7) is 5.90. The highest BCUT2D eigenvalue weighted by Gasteiger charge is 2.17. The maximum Gasteiger partial charge on any atom is 0.328 e. The largest absolute Gasteiger partial charge is 0.488 e. The van der Waals surface area contributed by atoms with Gasteiger partial charge in [0, 0.05) is 0 Å². The summed E-state index contributed by atoms with van der Waals surface area (Å²) in [6.07, 6.45) is 4.66. The number of nitrogens with one attached hydrogen (secondary N) is 2. The van der Waals surface area contributed by atoms with Crippen LogP contribution in [0.1, 0.15) is 37.6 Å². The minimum Gasteiger partial charge on any atom is -0.488 e. The minimum absolute atomic E-state index is 0.0448. The summed E-state index contributed by atoms with van der Waals surface area (Å²) in [5.74, 6) is 0.337. The lowest BCUT2D eigenvalue weighted by atomic mass is 10.1. The summed E-state index contributed by atoms with van der Waals surface area (Å²) in [4.78, 5) is 46.8. The fourth-order valence-corrected chi connectivity index (χ4v) is 3.67. The monoisotopic (exact) mass is 526 g/mol. The maximum absolute atomic E-state index is 12.5. The SMILES string of the molecule is CC(C)(C)Oc1ccc(CC(N)C(=O)Oc2ccc(/C=c3\[nH]c(=O)/c(=C/c4ccccc4)[nH]c3=O)nc2)cc1. The second-order valence-corrected chi connectivity index (χ2v) is 9.94. The van der Waals surface area contributed by atoms with Crippen LogP contribution in [-0.4, -0.2) is 32.6 Å². The number of nitrogens with zero attached hydrogens (tertiary/aromatic N) is 1. The number of nitrogens with two attached hydrogens (primary N) is 1. The van der Waals surface area contributed by atoms with Gasteiger partial charge in [0.05, 0.1) is 11.9 Å². The molecule has 0 aliphatic rings. The second-order valence-electron chi connectivity index (χ2n) is 9.94. The van der Waals surface area contributed by atoms with Crippen LogP contribution < -0.4 is 37.0 Å². The van der Waals surface area contributed by atoms with Gasteiger partial charge in [0.1, 0.15) is 33.8 Å². The van der Waals surface area contributed by atoms with Crippen molar-refractivity contribution in [1.29, 1.82) is 0 Å². The van der Waals surface area contributed by atoms with Gasteiger partial charge in [0.2, 0.25) is 0 Å². The van der Waals surface area contributed by atoms with E-state index in [0.29, 0.717) is 12.1 Å². The maximum atomic E-state index is 12.5. The number of hydrogen-bond acceptors (Lipinski definition) is 7. The molecule has 0 amide bonds. The van der Waals surface area contributed by atoms with Gasteiger partial charge in [0.25, 0.3) is 11.1 Å². The van der Waals surface area contributed by atoms with Crippen LogP contribution in [0, 0.1) is 0 Å². The zero-order valence-electron chi connectivity index (χ0n) is 21.9. The number of ether oxygens (including phenoxy) is 2. The number of carbonyl (C=O) groups excluding carboxylic acids is 1. The van der Waals surface area contributed by atoms with Crippen LogP contribution in [0.2, 0.25) is 0 Å². The van der Waals surface area contributed by atoms with E-state index in [1.54, 1.807) is 12.1 Å². The van der Waals surface area contributed by atoms with Crippen LogP contribution in [-0.2, 0) is 11.2 Å². The van der Waals surface area contributed by atoms with Crippen molar-refractivity contribution in [2.45, 2.75) is 38.8 Å². The van der Waals surface area contributed by atoms with Gasteiger partial charge in [0.15, 0.2) is 0 Å². The van der Waals surface area contributed by atoms with Gasteiger partial charge in [-0.15, -0.1) is 0 Å². The first kappa shape index (κ1) is 27.3. The van der Waals surface area contributed by atoms with Crippen LogP contribution in [0.3, 0.4) is 0 Å². The Kier molecular flexibility index (Phi) is 8.21. The Morgan fingerprint density at radius 3 is 2.10 bits per heavy atom. The number of hydrogen-bond donors (Lipinski definition) is 3. The molecule has 0 radical (unpaired) electrons. The average Bonchev–Trinajstić information content (AvgIpc) is 2.89. The van der Waals surface area contributed by atoms with Crippen molar-refractivity contribution in [3.05, 3.63) is 121 Å². The molecule has 1 atom stereocenters. The predicted octanol–water partition coefficient (Wildman–Crippen LogP) is 1.77. The van der Waals surface area contributed by atoms with E-state index in [1.165, 1.54) is 18.3 Å². The molecule has 9 nitrogen and oxygen atoms in total. The summed E-state index contributed by atoms with van der Waals surface area (Å²) < 4.78 is 11.2. The molecular weight excluding hydrogens is 496 g/mol. The Hall–Kier alpha value is -4.76. The number of aromatic nitrogens is 3. The minimum atomic E-state index is -0.875. The van der Waals surface area contributed by atoms with Crippen molar-refractivity contribution in [1.82, 2.24) is 15.0 Å². The number of esters is 1. The molecule has 0 saturated carbocycles. The normalized spacial score (nSPS) is 13.2. The second kappa shape index (κ2) is 11.7. The fraction of sp³-hybridized carbons (Fsp3) is 0.200. The van der Waals surface area contributed by atoms with Crippen LogP contribution in [0.25, 0.3) is 12.2 Å². The Morgan fingerprint density at radius 1 is 0.897 bits per heavy atom. The molecule has 2 aromatic heterocycles. The van der Waals surface area contributed by atoms with E-state index in [0.717, 1.165) is 16.9 Å². The molecule has 0 fully saturated rings. The molecule has 0 aliphatic carbocycles. The van der Waals surface area contributed by atoms with E-state index in [9.17, 15) is 14.4 Å². The number of carbonyl (C=O) groups is 1. The Labute approximate surface area is 224 Å². The van der Waals surface area contributed by atoms with Crippen LogP contribution in [0.5, 0.6) is 11.5 Å². The van der Waals surface area contributed by atoms with E-state index >= 15 is 0 Å². The molecule has 200 valence electrons. The number of aromatic amines is 2. The lowest BCUT2D eigenvalue weighted by molar-refractivity contribution is -0.135. The van der Waals surface area contributed by atoms with Crippen molar-refractivity contribution < 1.29 is 14.3 Å². The molecular formula is C30H30N4O5. The molecule has 4 aromatic rings. The highest BCUT2D eigenvalue weighted by atomic mass is 16.5. The first-order chi connectivity index (χ1) is 18.6. The lowest BCUT2D eigenvalue weighted by Gasteiger charge is -2.21. The van der Waals surface area contributed by atoms with Crippen LogP contribution in [0.15, 0.2) is 82.5 Å². The van der Waals surface area contributed by atoms with E-state index in [1.807, 2.05) is 75.4 Å². The Morgan fingerprint density at radius 2 is 1.51 bits per heavy atom. The molecule has 1 unspecified atom stereocenters. The molecule has 9 heteroatoms. The summed E-state index contributed by atoms with van der Waals surface area (Å²) in [5.41, 5.74) is 6.87. The summed E-state index contributed by atoms with van der Waals surface area (Å²) in [5, 5.41) is 0.187. The number of rotatable bonds is 7. The third kappa shape index (κ3) is 7.86. The molecule has 0 aliphatic heterocycles. The summed E-state index contributed by atoms with van der Waals surface area (Å²) in [7, 11) is 0.